The third kappa shape index (κ3) is 7.26. The molecule has 0 amide bonds. The van der Waals surface area contributed by atoms with Gasteiger partial charge in [-0.1, -0.05) is 78.7 Å². The molecule has 1 radical (unpaired) electrons. The van der Waals surface area contributed by atoms with Crippen molar-refractivity contribution in [2.24, 2.45) is 0 Å². The van der Waals surface area contributed by atoms with Crippen molar-refractivity contribution in [1.29, 1.82) is 0 Å². The average Bonchev–Trinajstić information content (AvgIpc) is 3.21. The molecule has 0 N–H and O–H groups in total. The van der Waals surface area contributed by atoms with E-state index in [2.05, 4.69) is 105 Å². The number of aromatic nitrogens is 1. The number of benzene rings is 2. The molecule has 1 aliphatic carbocycles. The summed E-state index contributed by atoms with van der Waals surface area (Å²) in [6, 6.07) is 17.5. The average molecular weight is 494 g/mol. The Morgan fingerprint density at radius 1 is 1.03 bits per heavy atom. The Kier molecular flexibility index (Phi) is 10.2. The fourth-order valence-corrected chi connectivity index (χ4v) is 5.20. The van der Waals surface area contributed by atoms with E-state index in [0.29, 0.717) is 0 Å². The maximum absolute atomic E-state index is 4.89. The summed E-state index contributed by atoms with van der Waals surface area (Å²) in [5.41, 5.74) is 7.12. The minimum absolute atomic E-state index is 0.192. The van der Waals surface area contributed by atoms with E-state index in [1.54, 1.807) is 0 Å². The first-order valence-electron chi connectivity index (χ1n) is 10.2. The Balaban J connectivity index is 0.000000247. The van der Waals surface area contributed by atoms with Gasteiger partial charge >= 0.3 is 35.6 Å². The van der Waals surface area contributed by atoms with Crippen LogP contribution in [0, 0.1) is 13.3 Å². The van der Waals surface area contributed by atoms with Gasteiger partial charge in [0, 0.05) is 11.1 Å². The van der Waals surface area contributed by atoms with Crippen LogP contribution in [0.5, 0.6) is 0 Å². The maximum atomic E-state index is 4.89. The van der Waals surface area contributed by atoms with Gasteiger partial charge in [-0.25, -0.2) is 0 Å². The molecule has 30 heavy (non-hydrogen) atoms. The summed E-state index contributed by atoms with van der Waals surface area (Å²) in [4.78, 5) is 4.51. The number of nitrogens with zero attached hydrogens (tertiary/aromatic N) is 2. The van der Waals surface area contributed by atoms with Crippen LogP contribution in [0.4, 0.5) is 0 Å². The molecule has 4 rings (SSSR count). The summed E-state index contributed by atoms with van der Waals surface area (Å²) in [5, 5.41) is 1.42. The van der Waals surface area contributed by atoms with Crippen LogP contribution in [-0.2, 0) is 29.9 Å². The van der Waals surface area contributed by atoms with E-state index in [1.165, 1.54) is 33.4 Å². The fraction of sp³-hybridized carbons (Fsp3) is 0.375. The molecule has 6 heteroatoms. The third-order valence-electron chi connectivity index (χ3n) is 4.60. The van der Waals surface area contributed by atoms with Crippen molar-refractivity contribution in [3.05, 3.63) is 76.8 Å². The second-order valence-electron chi connectivity index (χ2n) is 8.61. The van der Waals surface area contributed by atoms with Crippen LogP contribution >= 0.6 is 18.6 Å². The summed E-state index contributed by atoms with van der Waals surface area (Å²) in [6.07, 6.45) is 4.57. The topological polar surface area (TPSA) is 19.0 Å². The van der Waals surface area contributed by atoms with Crippen LogP contribution in [0.3, 0.4) is 0 Å². The van der Waals surface area contributed by atoms with Crippen LogP contribution < -0.4 is 0 Å². The van der Waals surface area contributed by atoms with Gasteiger partial charge in [0.1, 0.15) is 0 Å². The number of rotatable bonds is 2. The zero-order valence-corrected chi connectivity index (χ0v) is 22.8. The molecule has 1 heterocycles. The molecule has 161 valence electrons. The molecule has 2 aromatic carbocycles. The van der Waals surface area contributed by atoms with Gasteiger partial charge in [0.2, 0.25) is 0 Å². The molecule has 0 unspecified atom stereocenters. The van der Waals surface area contributed by atoms with Crippen LogP contribution in [-0.4, -0.2) is 19.1 Å². The molecule has 0 atom stereocenters. The van der Waals surface area contributed by atoms with Crippen molar-refractivity contribution in [2.45, 2.75) is 59.2 Å². The Morgan fingerprint density at radius 2 is 1.67 bits per heavy atom. The van der Waals surface area contributed by atoms with Crippen LogP contribution in [0.25, 0.3) is 21.6 Å². The van der Waals surface area contributed by atoms with E-state index < -0.39 is 17.0 Å². The third-order valence-corrected chi connectivity index (χ3v) is 5.72. The number of para-hydroxylation sites is 1. The minimum atomic E-state index is -0.556. The second-order valence-corrected chi connectivity index (χ2v) is 13.3. The van der Waals surface area contributed by atoms with Crippen molar-refractivity contribution < 1.29 is 17.0 Å². The number of fused-ring (bicyclic) bond motifs is 3. The molecule has 3 aromatic rings. The first-order chi connectivity index (χ1) is 14.2. The molecule has 1 aliphatic rings. The van der Waals surface area contributed by atoms with E-state index in [4.69, 9.17) is 18.6 Å². The van der Waals surface area contributed by atoms with Gasteiger partial charge in [0.05, 0.1) is 5.52 Å². The van der Waals surface area contributed by atoms with Gasteiger partial charge in [0.15, 0.2) is 0 Å². The van der Waals surface area contributed by atoms with Crippen LogP contribution in [0.15, 0.2) is 48.5 Å². The van der Waals surface area contributed by atoms with E-state index >= 15 is 0 Å². The van der Waals surface area contributed by atoms with Crippen molar-refractivity contribution in [3.8, 4) is 5.69 Å². The monoisotopic (exact) mass is 493 g/mol. The van der Waals surface area contributed by atoms with E-state index in [9.17, 15) is 0 Å². The van der Waals surface area contributed by atoms with E-state index in [-0.39, 0.29) is 14.5 Å². The summed E-state index contributed by atoms with van der Waals surface area (Å²) in [6.45, 7) is 13.0. The summed E-state index contributed by atoms with van der Waals surface area (Å²) in [5.74, 6) is 0. The standard InChI is InChI=1S/C18H16N.C6H15NSi.2ClH.Ti/c1-13-10-11-16-15-8-5-9-17(15)19(18(16)12-13)14-6-3-2-4-7-14;1-6(2,3)7-8(4)5;;;/h2-7,10-12H,8-9H2,1H3;1-5H3;2*1H;/q2*-1;;;+2/p-2. The van der Waals surface area contributed by atoms with Gasteiger partial charge < -0.3 is 16.0 Å². The number of aryl methyl sites for hydroxylation is 1. The summed E-state index contributed by atoms with van der Waals surface area (Å²) >= 11 is -0.556. The predicted molar refractivity (Wildman–Crippen MR) is 132 cm³/mol. The SMILES string of the molecule is C[Si](C)[N-]C(C)(C)C.Cc1ccc2c3c(n(-c4ccccc4)c2c1)C[CH-]C3.[Cl][Ti][Cl]. The Hall–Kier alpha value is -0.549. The van der Waals surface area contributed by atoms with Crippen LogP contribution in [0.2, 0.25) is 13.1 Å². The molecular formula is C24H31Cl2N2SiTi-2. The quantitative estimate of drug-likeness (QED) is 0.254. The zero-order valence-electron chi connectivity index (χ0n) is 18.8. The van der Waals surface area contributed by atoms with Crippen molar-refractivity contribution in [2.75, 3.05) is 0 Å². The van der Waals surface area contributed by atoms with Gasteiger partial charge in [0.25, 0.3) is 0 Å². The molecule has 0 saturated heterocycles. The van der Waals surface area contributed by atoms with Crippen molar-refractivity contribution >= 4 is 38.5 Å². The summed E-state index contributed by atoms with van der Waals surface area (Å²) in [7, 11) is 9.41. The van der Waals surface area contributed by atoms with Gasteiger partial charge in [-0.2, -0.15) is 6.42 Å². The zero-order chi connectivity index (χ0) is 22.3. The molecule has 0 saturated carbocycles. The normalized spacial score (nSPS) is 12.7. The predicted octanol–water partition coefficient (Wildman–Crippen LogP) is 8.03. The number of hydrogen-bond acceptors (Lipinski definition) is 0. The summed E-state index contributed by atoms with van der Waals surface area (Å²) < 4.78 is 2.43. The second kappa shape index (κ2) is 11.9. The molecule has 0 spiro atoms. The first kappa shape index (κ1) is 25.7. The van der Waals surface area contributed by atoms with Crippen LogP contribution in [0.1, 0.15) is 37.6 Å². The Bertz CT molecular complexity index is 934. The molecule has 0 aliphatic heterocycles. The molecular weight excluding hydrogens is 463 g/mol. The Labute approximate surface area is 200 Å². The van der Waals surface area contributed by atoms with Crippen molar-refractivity contribution in [3.63, 3.8) is 0 Å². The number of halogens is 2. The van der Waals surface area contributed by atoms with Crippen molar-refractivity contribution in [1.82, 2.24) is 4.57 Å². The molecule has 1 aromatic heterocycles. The fourth-order valence-electron chi connectivity index (χ4n) is 3.86. The molecule has 2 nitrogen and oxygen atoms in total. The van der Waals surface area contributed by atoms with Gasteiger partial charge in [-0.3, -0.25) is 0 Å². The van der Waals surface area contributed by atoms with E-state index in [0.717, 1.165) is 12.8 Å². The van der Waals surface area contributed by atoms with Gasteiger partial charge in [-0.15, -0.1) is 12.0 Å². The number of hydrogen-bond donors (Lipinski definition) is 0. The molecule has 0 bridgehead atoms. The van der Waals surface area contributed by atoms with E-state index in [1.807, 2.05) is 0 Å². The molecule has 0 fully saturated rings. The Morgan fingerprint density at radius 3 is 2.20 bits per heavy atom. The first-order valence-corrected chi connectivity index (χ1v) is 16.9. The van der Waals surface area contributed by atoms with Gasteiger partial charge in [-0.05, 0) is 36.4 Å².